The topological polar surface area (TPSA) is 47.3 Å². The van der Waals surface area contributed by atoms with Gasteiger partial charge in [0.2, 0.25) is 0 Å². The highest BCUT2D eigenvalue weighted by Gasteiger charge is 2.14. The number of nitrogens with two attached hydrogens (primary N) is 1. The van der Waals surface area contributed by atoms with Crippen molar-refractivity contribution >= 4 is 15.9 Å². The Labute approximate surface area is 138 Å². The molecule has 5 heteroatoms. The van der Waals surface area contributed by atoms with Gasteiger partial charge in [0, 0.05) is 16.1 Å². The lowest BCUT2D eigenvalue weighted by atomic mass is 9.99. The van der Waals surface area contributed by atoms with E-state index in [0.29, 0.717) is 17.9 Å². The molecule has 3 N–H and O–H groups in total. The van der Waals surface area contributed by atoms with Crippen molar-refractivity contribution in [2.45, 2.75) is 12.5 Å². The first-order valence-corrected chi connectivity index (χ1v) is 7.99. The molecule has 0 radical (unpaired) electrons. The Bertz CT molecular complexity index is 604. The standard InChI is InChI=1S/C17H20BrFN2O/c1-21-9-2-10-22-14-7-8-15(16(19)11-14)17(20)12-3-5-13(18)6-4-12/h3-8,11,17,21H,2,9-10,20H2,1H3. The largest absolute Gasteiger partial charge is 0.493 e. The van der Waals surface area contributed by atoms with Gasteiger partial charge in [-0.1, -0.05) is 34.1 Å². The summed E-state index contributed by atoms with van der Waals surface area (Å²) in [6.07, 6.45) is 0.873. The van der Waals surface area contributed by atoms with Gasteiger partial charge in [0.15, 0.2) is 0 Å². The zero-order valence-electron chi connectivity index (χ0n) is 12.5. The molecule has 1 unspecified atom stereocenters. The Balaban J connectivity index is 2.07. The highest BCUT2D eigenvalue weighted by atomic mass is 79.9. The average Bonchev–Trinajstić information content (AvgIpc) is 2.52. The number of benzene rings is 2. The van der Waals surface area contributed by atoms with Crippen LogP contribution in [0.15, 0.2) is 46.9 Å². The summed E-state index contributed by atoms with van der Waals surface area (Å²) in [5, 5.41) is 3.04. The van der Waals surface area contributed by atoms with Gasteiger partial charge in [-0.05, 0) is 43.8 Å². The molecule has 0 spiro atoms. The minimum absolute atomic E-state index is 0.346. The van der Waals surface area contributed by atoms with E-state index in [-0.39, 0.29) is 5.82 Å². The van der Waals surface area contributed by atoms with Crippen LogP contribution in [-0.4, -0.2) is 20.2 Å². The molecule has 0 aliphatic heterocycles. The maximum Gasteiger partial charge on any atom is 0.132 e. The summed E-state index contributed by atoms with van der Waals surface area (Å²) >= 11 is 3.37. The Morgan fingerprint density at radius 2 is 1.95 bits per heavy atom. The van der Waals surface area contributed by atoms with E-state index >= 15 is 0 Å². The molecule has 118 valence electrons. The molecule has 2 aromatic rings. The second-order valence-corrected chi connectivity index (χ2v) is 5.93. The third kappa shape index (κ3) is 4.53. The normalized spacial score (nSPS) is 12.2. The van der Waals surface area contributed by atoms with E-state index < -0.39 is 6.04 Å². The summed E-state index contributed by atoms with van der Waals surface area (Å²) in [5.74, 6) is 0.182. The van der Waals surface area contributed by atoms with Gasteiger partial charge in [-0.2, -0.15) is 0 Å². The number of hydrogen-bond acceptors (Lipinski definition) is 3. The van der Waals surface area contributed by atoms with Crippen LogP contribution in [0.2, 0.25) is 0 Å². The second kappa shape index (κ2) is 8.27. The lowest BCUT2D eigenvalue weighted by Gasteiger charge is -2.15. The first-order chi connectivity index (χ1) is 10.6. The first-order valence-electron chi connectivity index (χ1n) is 7.19. The maximum atomic E-state index is 14.3. The van der Waals surface area contributed by atoms with Gasteiger partial charge in [0.05, 0.1) is 12.6 Å². The van der Waals surface area contributed by atoms with Crippen molar-refractivity contribution in [2.75, 3.05) is 20.2 Å². The van der Waals surface area contributed by atoms with Crippen molar-refractivity contribution in [1.82, 2.24) is 5.32 Å². The van der Waals surface area contributed by atoms with E-state index in [1.54, 1.807) is 12.1 Å². The molecule has 22 heavy (non-hydrogen) atoms. The van der Waals surface area contributed by atoms with Crippen LogP contribution in [0.5, 0.6) is 5.75 Å². The Hall–Kier alpha value is -1.43. The van der Waals surface area contributed by atoms with Crippen molar-refractivity contribution in [3.05, 3.63) is 63.9 Å². The number of hydrogen-bond donors (Lipinski definition) is 2. The van der Waals surface area contributed by atoms with Gasteiger partial charge in [0.1, 0.15) is 11.6 Å². The molecule has 0 aliphatic rings. The highest BCUT2D eigenvalue weighted by Crippen LogP contribution is 2.26. The molecule has 0 aliphatic carbocycles. The van der Waals surface area contributed by atoms with Crippen LogP contribution in [0, 0.1) is 5.82 Å². The van der Waals surface area contributed by atoms with Gasteiger partial charge in [-0.15, -0.1) is 0 Å². The van der Waals surface area contributed by atoms with Crippen molar-refractivity contribution in [1.29, 1.82) is 0 Å². The summed E-state index contributed by atoms with van der Waals surface area (Å²) < 4.78 is 20.7. The Kier molecular flexibility index (Phi) is 6.36. The predicted octanol–water partition coefficient (Wildman–Crippen LogP) is 3.62. The van der Waals surface area contributed by atoms with Crippen LogP contribution in [-0.2, 0) is 0 Å². The van der Waals surface area contributed by atoms with Crippen LogP contribution in [0.4, 0.5) is 4.39 Å². The number of halogens is 2. The summed E-state index contributed by atoms with van der Waals surface area (Å²) in [6.45, 7) is 1.42. The average molecular weight is 367 g/mol. The van der Waals surface area contributed by atoms with E-state index in [1.807, 2.05) is 31.3 Å². The molecule has 2 rings (SSSR count). The van der Waals surface area contributed by atoms with E-state index in [1.165, 1.54) is 6.07 Å². The first kappa shape index (κ1) is 16.9. The summed E-state index contributed by atoms with van der Waals surface area (Å²) in [6, 6.07) is 11.9. The molecular weight excluding hydrogens is 347 g/mol. The molecule has 0 saturated carbocycles. The molecule has 0 fully saturated rings. The lowest BCUT2D eigenvalue weighted by molar-refractivity contribution is 0.308. The minimum atomic E-state index is -0.494. The van der Waals surface area contributed by atoms with Crippen molar-refractivity contribution in [3.8, 4) is 5.75 Å². The van der Waals surface area contributed by atoms with Gasteiger partial charge in [-0.25, -0.2) is 4.39 Å². The third-order valence-corrected chi connectivity index (χ3v) is 3.90. The quantitative estimate of drug-likeness (QED) is 0.735. The fourth-order valence-corrected chi connectivity index (χ4v) is 2.40. The minimum Gasteiger partial charge on any atom is -0.493 e. The lowest BCUT2D eigenvalue weighted by Crippen LogP contribution is -2.14. The fourth-order valence-electron chi connectivity index (χ4n) is 2.14. The molecular formula is C17H20BrFN2O. The van der Waals surface area contributed by atoms with Gasteiger partial charge >= 0.3 is 0 Å². The summed E-state index contributed by atoms with van der Waals surface area (Å²) in [5.41, 5.74) is 7.48. The molecule has 0 amide bonds. The smallest absolute Gasteiger partial charge is 0.132 e. The zero-order chi connectivity index (χ0) is 15.9. The summed E-state index contributed by atoms with van der Waals surface area (Å²) in [7, 11) is 1.89. The number of nitrogens with one attached hydrogen (secondary N) is 1. The monoisotopic (exact) mass is 366 g/mol. The van der Waals surface area contributed by atoms with Crippen LogP contribution >= 0.6 is 15.9 Å². The highest BCUT2D eigenvalue weighted by molar-refractivity contribution is 9.10. The maximum absolute atomic E-state index is 14.3. The molecule has 0 saturated heterocycles. The van der Waals surface area contributed by atoms with Gasteiger partial charge < -0.3 is 15.8 Å². The van der Waals surface area contributed by atoms with Crippen LogP contribution in [0.3, 0.4) is 0 Å². The molecule has 0 heterocycles. The van der Waals surface area contributed by atoms with Crippen LogP contribution in [0.1, 0.15) is 23.6 Å². The molecule has 0 bridgehead atoms. The van der Waals surface area contributed by atoms with E-state index in [4.69, 9.17) is 10.5 Å². The Morgan fingerprint density at radius 1 is 1.23 bits per heavy atom. The third-order valence-electron chi connectivity index (χ3n) is 3.38. The van der Waals surface area contributed by atoms with Gasteiger partial charge in [-0.3, -0.25) is 0 Å². The summed E-state index contributed by atoms with van der Waals surface area (Å²) in [4.78, 5) is 0. The molecule has 1 atom stereocenters. The van der Waals surface area contributed by atoms with Crippen LogP contribution < -0.4 is 15.8 Å². The van der Waals surface area contributed by atoms with Crippen molar-refractivity contribution < 1.29 is 9.13 Å². The molecule has 3 nitrogen and oxygen atoms in total. The van der Waals surface area contributed by atoms with Crippen molar-refractivity contribution in [3.63, 3.8) is 0 Å². The van der Waals surface area contributed by atoms with E-state index in [2.05, 4.69) is 21.2 Å². The number of rotatable bonds is 7. The number of ether oxygens (including phenoxy) is 1. The zero-order valence-corrected chi connectivity index (χ0v) is 14.1. The SMILES string of the molecule is CNCCCOc1ccc(C(N)c2ccc(Br)cc2)c(F)c1. The van der Waals surface area contributed by atoms with Crippen LogP contribution in [0.25, 0.3) is 0 Å². The van der Waals surface area contributed by atoms with E-state index in [0.717, 1.165) is 23.0 Å². The second-order valence-electron chi connectivity index (χ2n) is 5.02. The van der Waals surface area contributed by atoms with Gasteiger partial charge in [0.25, 0.3) is 0 Å². The predicted molar refractivity (Wildman–Crippen MR) is 90.6 cm³/mol. The van der Waals surface area contributed by atoms with Crippen molar-refractivity contribution in [2.24, 2.45) is 5.73 Å². The molecule has 0 aromatic heterocycles. The fraction of sp³-hybridized carbons (Fsp3) is 0.294. The Morgan fingerprint density at radius 3 is 2.59 bits per heavy atom. The molecule has 2 aromatic carbocycles. The van der Waals surface area contributed by atoms with E-state index in [9.17, 15) is 4.39 Å².